The molecule has 2 heterocycles. The highest BCUT2D eigenvalue weighted by Gasteiger charge is 2.51. The fourth-order valence-corrected chi connectivity index (χ4v) is 13.9. The van der Waals surface area contributed by atoms with Crippen molar-refractivity contribution in [2.24, 2.45) is 0 Å². The lowest BCUT2D eigenvalue weighted by molar-refractivity contribution is -0.359. The lowest BCUT2D eigenvalue weighted by Gasteiger charge is -2.46. The van der Waals surface area contributed by atoms with E-state index in [1.165, 1.54) is 327 Å². The standard InChI is InChI=1S/C81H155NO13/c1-3-5-7-9-11-13-15-17-19-21-23-25-27-29-30-31-32-33-34-35-36-37-38-39-40-41-43-45-47-49-51-53-55-57-59-61-63-65-73(86)82-69(68-92-80-78(91)76(89)79(72(67-84)94-80)95-81-77(90)75(88)74(87)71(66-83)93-81)70(85)64-62-60-58-56-54-52-50-48-46-44-42-28-26-24-22-20-18-16-14-12-10-8-6-4-2/h54,56,62,64,69-72,74-81,83-85,87-91H,3-53,55,57-61,63,65-68H2,1-2H3,(H,82,86)/b56-54+,64-62+. The summed E-state index contributed by atoms with van der Waals surface area (Å²) < 4.78 is 22.9. The van der Waals surface area contributed by atoms with Crippen LogP contribution in [0.2, 0.25) is 0 Å². The molecule has 0 aromatic carbocycles. The second kappa shape index (κ2) is 65.8. The second-order valence-corrected chi connectivity index (χ2v) is 29.3. The molecule has 14 nitrogen and oxygen atoms in total. The van der Waals surface area contributed by atoms with Gasteiger partial charge in [-0.3, -0.25) is 4.79 Å². The van der Waals surface area contributed by atoms with Crippen LogP contribution >= 0.6 is 0 Å². The van der Waals surface area contributed by atoms with E-state index in [0.717, 1.165) is 32.1 Å². The number of rotatable bonds is 70. The first-order chi connectivity index (χ1) is 46.6. The molecule has 0 bridgehead atoms. The number of aliphatic hydroxyl groups excluding tert-OH is 8. The molecule has 0 saturated carbocycles. The zero-order chi connectivity index (χ0) is 68.7. The van der Waals surface area contributed by atoms with Crippen LogP contribution in [0, 0.1) is 0 Å². The molecule has 2 rings (SSSR count). The molecule has 2 saturated heterocycles. The normalized spacial score (nSPS) is 22.4. The van der Waals surface area contributed by atoms with Crippen molar-refractivity contribution < 1.29 is 64.6 Å². The van der Waals surface area contributed by atoms with Crippen LogP contribution in [0.1, 0.15) is 393 Å². The summed E-state index contributed by atoms with van der Waals surface area (Å²) in [6, 6.07) is -0.930. The maximum atomic E-state index is 13.4. The fraction of sp³-hybridized carbons (Fsp3) is 0.938. The van der Waals surface area contributed by atoms with Gasteiger partial charge in [-0.15, -0.1) is 0 Å². The number of aliphatic hydroxyl groups is 8. The van der Waals surface area contributed by atoms with Gasteiger partial charge < -0.3 is 65.1 Å². The van der Waals surface area contributed by atoms with E-state index in [1.807, 2.05) is 6.08 Å². The molecule has 2 aliphatic heterocycles. The molecule has 12 unspecified atom stereocenters. The molecule has 0 aliphatic carbocycles. The SMILES string of the molecule is CCCCCCCCCCCCCCCCCCCC/C=C/CC/C=C/C(O)C(COC1OC(CO)C(OC2OC(CO)C(O)C(O)C2O)C(O)C1O)NC(=O)CCCCCCCCCCCCCCCCCCCCCCCCCCCCCCCCCCCCCCC. The van der Waals surface area contributed by atoms with Crippen molar-refractivity contribution in [1.29, 1.82) is 0 Å². The Morgan fingerprint density at radius 2 is 0.674 bits per heavy atom. The Labute approximate surface area is 583 Å². The zero-order valence-corrected chi connectivity index (χ0v) is 61.7. The van der Waals surface area contributed by atoms with Crippen molar-refractivity contribution in [2.45, 2.75) is 466 Å². The molecule has 2 fully saturated rings. The zero-order valence-electron chi connectivity index (χ0n) is 61.7. The summed E-state index contributed by atoms with van der Waals surface area (Å²) in [5.41, 5.74) is 0. The average molecular weight is 1350 g/mol. The molecular weight excluding hydrogens is 1190 g/mol. The quantitative estimate of drug-likeness (QED) is 0.0204. The van der Waals surface area contributed by atoms with Crippen LogP contribution < -0.4 is 5.32 Å². The number of hydrogen-bond donors (Lipinski definition) is 9. The highest BCUT2D eigenvalue weighted by Crippen LogP contribution is 2.30. The van der Waals surface area contributed by atoms with E-state index >= 15 is 0 Å². The van der Waals surface area contributed by atoms with Gasteiger partial charge in [0.05, 0.1) is 32.0 Å². The first-order valence-corrected chi connectivity index (χ1v) is 41.1. The van der Waals surface area contributed by atoms with Crippen LogP contribution in [-0.2, 0) is 23.7 Å². The predicted octanol–water partition coefficient (Wildman–Crippen LogP) is 18.6. The van der Waals surface area contributed by atoms with Gasteiger partial charge in [0.1, 0.15) is 48.8 Å². The van der Waals surface area contributed by atoms with E-state index in [1.54, 1.807) is 6.08 Å². The molecule has 2 aliphatic rings. The van der Waals surface area contributed by atoms with Crippen LogP contribution in [-0.4, -0.2) is 140 Å². The van der Waals surface area contributed by atoms with Crippen molar-refractivity contribution >= 4 is 5.91 Å². The Hall–Kier alpha value is -1.53. The Bertz CT molecular complexity index is 1690. The summed E-state index contributed by atoms with van der Waals surface area (Å²) >= 11 is 0. The van der Waals surface area contributed by atoms with Crippen molar-refractivity contribution in [2.75, 3.05) is 19.8 Å². The monoisotopic (exact) mass is 1350 g/mol. The summed E-state index contributed by atoms with van der Waals surface area (Å²) in [7, 11) is 0. The molecule has 0 aromatic rings. The minimum absolute atomic E-state index is 0.240. The summed E-state index contributed by atoms with van der Waals surface area (Å²) in [6.07, 6.45) is 68.6. The highest BCUT2D eigenvalue weighted by atomic mass is 16.7. The van der Waals surface area contributed by atoms with Crippen molar-refractivity contribution in [3.05, 3.63) is 24.3 Å². The summed E-state index contributed by atoms with van der Waals surface area (Å²) in [4.78, 5) is 13.4. The molecule has 9 N–H and O–H groups in total. The van der Waals surface area contributed by atoms with Gasteiger partial charge in [0.25, 0.3) is 0 Å². The maximum absolute atomic E-state index is 13.4. The first kappa shape index (κ1) is 89.6. The maximum Gasteiger partial charge on any atom is 0.220 e. The largest absolute Gasteiger partial charge is 0.394 e. The van der Waals surface area contributed by atoms with Crippen LogP contribution in [0.25, 0.3) is 0 Å². The number of allylic oxidation sites excluding steroid dienone is 3. The van der Waals surface area contributed by atoms with Crippen LogP contribution in [0.4, 0.5) is 0 Å². The van der Waals surface area contributed by atoms with Gasteiger partial charge in [-0.25, -0.2) is 0 Å². The topological polar surface area (TPSA) is 228 Å². The van der Waals surface area contributed by atoms with Gasteiger partial charge in [-0.2, -0.15) is 0 Å². The Morgan fingerprint density at radius 1 is 0.368 bits per heavy atom. The lowest BCUT2D eigenvalue weighted by atomic mass is 9.97. The van der Waals surface area contributed by atoms with E-state index in [4.69, 9.17) is 18.9 Å². The van der Waals surface area contributed by atoms with Gasteiger partial charge in [0.15, 0.2) is 12.6 Å². The molecular formula is C81H155NO13. The number of nitrogens with one attached hydrogen (secondary N) is 1. The van der Waals surface area contributed by atoms with E-state index < -0.39 is 86.8 Å². The van der Waals surface area contributed by atoms with Gasteiger partial charge in [-0.1, -0.05) is 378 Å². The van der Waals surface area contributed by atoms with E-state index in [-0.39, 0.29) is 18.9 Å². The molecule has 0 aromatic heterocycles. The summed E-state index contributed by atoms with van der Waals surface area (Å²) in [6.45, 7) is 2.86. The Balaban J connectivity index is 1.59. The number of carbonyl (C=O) groups is 1. The minimum atomic E-state index is -1.79. The first-order valence-electron chi connectivity index (χ1n) is 41.1. The number of ether oxygens (including phenoxy) is 4. The number of amides is 1. The third-order valence-electron chi connectivity index (χ3n) is 20.4. The van der Waals surface area contributed by atoms with Gasteiger partial charge in [-0.05, 0) is 32.1 Å². The van der Waals surface area contributed by atoms with E-state index in [9.17, 15) is 45.6 Å². The minimum Gasteiger partial charge on any atom is -0.394 e. The van der Waals surface area contributed by atoms with E-state index in [2.05, 4.69) is 31.3 Å². The molecule has 562 valence electrons. The Kier molecular flexibility index (Phi) is 62.0. The van der Waals surface area contributed by atoms with E-state index in [0.29, 0.717) is 12.8 Å². The fourth-order valence-electron chi connectivity index (χ4n) is 13.9. The second-order valence-electron chi connectivity index (χ2n) is 29.3. The third kappa shape index (κ3) is 48.9. The van der Waals surface area contributed by atoms with Gasteiger partial charge >= 0.3 is 0 Å². The van der Waals surface area contributed by atoms with Crippen LogP contribution in [0.15, 0.2) is 24.3 Å². The van der Waals surface area contributed by atoms with Crippen molar-refractivity contribution in [1.82, 2.24) is 5.32 Å². The molecule has 0 spiro atoms. The van der Waals surface area contributed by atoms with Gasteiger partial charge in [0, 0.05) is 6.42 Å². The van der Waals surface area contributed by atoms with Gasteiger partial charge in [0.2, 0.25) is 5.91 Å². The van der Waals surface area contributed by atoms with Crippen LogP contribution in [0.5, 0.6) is 0 Å². The van der Waals surface area contributed by atoms with Crippen molar-refractivity contribution in [3.63, 3.8) is 0 Å². The summed E-state index contributed by atoms with van der Waals surface area (Å²) in [5, 5.41) is 87.6. The summed E-state index contributed by atoms with van der Waals surface area (Å²) in [5.74, 6) is -0.240. The average Bonchev–Trinajstić information content (AvgIpc) is 0.895. The molecule has 1 amide bonds. The number of unbranched alkanes of at least 4 members (excludes halogenated alkanes) is 55. The molecule has 0 radical (unpaired) electrons. The molecule has 12 atom stereocenters. The van der Waals surface area contributed by atoms with Crippen molar-refractivity contribution in [3.8, 4) is 0 Å². The third-order valence-corrected chi connectivity index (χ3v) is 20.4. The lowest BCUT2D eigenvalue weighted by Crippen LogP contribution is -2.65. The Morgan fingerprint density at radius 3 is 1.03 bits per heavy atom. The highest BCUT2D eigenvalue weighted by molar-refractivity contribution is 5.76. The number of hydrogen-bond acceptors (Lipinski definition) is 13. The molecule has 95 heavy (non-hydrogen) atoms. The number of carbonyl (C=O) groups excluding carboxylic acids is 1. The van der Waals surface area contributed by atoms with Crippen LogP contribution in [0.3, 0.4) is 0 Å². The predicted molar refractivity (Wildman–Crippen MR) is 392 cm³/mol. The molecule has 14 heteroatoms. The smallest absolute Gasteiger partial charge is 0.220 e.